The molecular weight excluding hydrogens is 300 g/mol. The maximum atomic E-state index is 9.30. The highest BCUT2D eigenvalue weighted by atomic mass is 15.3. The molecule has 0 saturated carbocycles. The molecule has 2 aromatic rings. The minimum absolute atomic E-state index is 0.667. The van der Waals surface area contributed by atoms with Crippen molar-refractivity contribution in [2.45, 2.75) is 32.4 Å². The molecule has 24 heavy (non-hydrogen) atoms. The van der Waals surface area contributed by atoms with Gasteiger partial charge in [-0.05, 0) is 31.4 Å². The van der Waals surface area contributed by atoms with Crippen molar-refractivity contribution >= 4 is 5.82 Å². The lowest BCUT2D eigenvalue weighted by Crippen LogP contribution is -2.31. The first kappa shape index (κ1) is 15.2. The Bertz CT molecular complexity index is 759. The zero-order valence-electron chi connectivity index (χ0n) is 13.9. The molecule has 0 aromatic carbocycles. The van der Waals surface area contributed by atoms with Crippen LogP contribution < -0.4 is 4.90 Å². The van der Waals surface area contributed by atoms with E-state index < -0.39 is 0 Å². The monoisotopic (exact) mass is 322 g/mol. The highest BCUT2D eigenvalue weighted by Crippen LogP contribution is 2.22. The minimum atomic E-state index is 0.667. The van der Waals surface area contributed by atoms with Crippen molar-refractivity contribution in [2.24, 2.45) is 0 Å². The smallest absolute Gasteiger partial charge is 0.146 e. The maximum absolute atomic E-state index is 9.30. The molecule has 0 radical (unpaired) electrons. The van der Waals surface area contributed by atoms with E-state index >= 15 is 0 Å². The lowest BCUT2D eigenvalue weighted by molar-refractivity contribution is 0.284. The van der Waals surface area contributed by atoms with Gasteiger partial charge in [0.25, 0.3) is 0 Å². The van der Waals surface area contributed by atoms with Crippen molar-refractivity contribution in [3.63, 3.8) is 0 Å². The van der Waals surface area contributed by atoms with Crippen LogP contribution >= 0.6 is 0 Å². The van der Waals surface area contributed by atoms with E-state index in [4.69, 9.17) is 0 Å². The first-order chi connectivity index (χ1) is 11.8. The van der Waals surface area contributed by atoms with Gasteiger partial charge in [0.15, 0.2) is 0 Å². The zero-order valence-corrected chi connectivity index (χ0v) is 13.9. The first-order valence-corrected chi connectivity index (χ1v) is 8.71. The van der Waals surface area contributed by atoms with Crippen LogP contribution in [0.3, 0.4) is 0 Å². The fourth-order valence-electron chi connectivity index (χ4n) is 3.78. The molecule has 0 unspecified atom stereocenters. The van der Waals surface area contributed by atoms with Crippen molar-refractivity contribution in [2.75, 3.05) is 31.1 Å². The van der Waals surface area contributed by atoms with E-state index in [1.165, 1.54) is 17.7 Å². The third kappa shape index (κ3) is 2.87. The summed E-state index contributed by atoms with van der Waals surface area (Å²) in [5.41, 5.74) is 3.48. The van der Waals surface area contributed by atoms with Gasteiger partial charge in [-0.1, -0.05) is 0 Å². The molecule has 2 aliphatic heterocycles. The van der Waals surface area contributed by atoms with Gasteiger partial charge in [0.1, 0.15) is 11.9 Å². The summed E-state index contributed by atoms with van der Waals surface area (Å²) in [6, 6.07) is 5.93. The molecule has 2 aliphatic rings. The second-order valence-corrected chi connectivity index (χ2v) is 6.55. The van der Waals surface area contributed by atoms with E-state index in [-0.39, 0.29) is 0 Å². The fraction of sp³-hybridized carbons (Fsp3) is 0.500. The van der Waals surface area contributed by atoms with E-state index in [1.54, 1.807) is 6.20 Å². The first-order valence-electron chi connectivity index (χ1n) is 8.71. The van der Waals surface area contributed by atoms with Crippen molar-refractivity contribution in [3.8, 4) is 6.07 Å². The van der Waals surface area contributed by atoms with Crippen LogP contribution in [0.25, 0.3) is 0 Å². The van der Waals surface area contributed by atoms with Crippen LogP contribution in [0.1, 0.15) is 29.7 Å². The number of aromatic nitrogens is 3. The third-order valence-corrected chi connectivity index (χ3v) is 5.01. The van der Waals surface area contributed by atoms with Crippen LogP contribution in [-0.2, 0) is 19.5 Å². The molecular formula is C18H22N6. The molecule has 0 spiro atoms. The summed E-state index contributed by atoms with van der Waals surface area (Å²) in [5.74, 6) is 0.827. The number of rotatable bonds is 3. The van der Waals surface area contributed by atoms with E-state index in [0.717, 1.165) is 57.9 Å². The molecule has 2 aromatic heterocycles. The molecule has 6 heteroatoms. The molecule has 0 atom stereocenters. The Morgan fingerprint density at radius 3 is 3.00 bits per heavy atom. The molecule has 1 saturated heterocycles. The number of nitrogens with zero attached hydrogens (tertiary/aromatic N) is 6. The Kier molecular flexibility index (Phi) is 4.18. The lowest BCUT2D eigenvalue weighted by Gasteiger charge is -2.23. The summed E-state index contributed by atoms with van der Waals surface area (Å²) in [4.78, 5) is 9.19. The van der Waals surface area contributed by atoms with E-state index in [9.17, 15) is 5.26 Å². The van der Waals surface area contributed by atoms with Crippen molar-refractivity contribution in [1.82, 2.24) is 19.7 Å². The van der Waals surface area contributed by atoms with E-state index in [2.05, 4.69) is 30.6 Å². The lowest BCUT2D eigenvalue weighted by atomic mass is 10.2. The fourth-order valence-corrected chi connectivity index (χ4v) is 3.78. The number of hydrogen-bond acceptors (Lipinski definition) is 5. The van der Waals surface area contributed by atoms with Crippen LogP contribution in [0.2, 0.25) is 0 Å². The average molecular weight is 322 g/mol. The molecule has 0 bridgehead atoms. The van der Waals surface area contributed by atoms with Gasteiger partial charge in [-0.2, -0.15) is 10.4 Å². The van der Waals surface area contributed by atoms with Crippen LogP contribution in [0.15, 0.2) is 24.5 Å². The summed E-state index contributed by atoms with van der Waals surface area (Å²) < 4.78 is 2.16. The Labute approximate surface area is 142 Å². The van der Waals surface area contributed by atoms with Crippen LogP contribution in [0, 0.1) is 11.3 Å². The molecule has 4 heterocycles. The van der Waals surface area contributed by atoms with Gasteiger partial charge in [-0.25, -0.2) is 4.98 Å². The average Bonchev–Trinajstić information content (AvgIpc) is 3.15. The van der Waals surface area contributed by atoms with Crippen molar-refractivity contribution < 1.29 is 0 Å². The summed E-state index contributed by atoms with van der Waals surface area (Å²) in [6.45, 7) is 5.99. The number of fused-ring (bicyclic) bond motifs is 1. The van der Waals surface area contributed by atoms with E-state index in [1.807, 2.05) is 18.3 Å². The minimum Gasteiger partial charge on any atom is -0.354 e. The second kappa shape index (κ2) is 6.62. The molecule has 4 rings (SSSR count). The standard InChI is InChI=1S/C18H22N6/c19-12-15-4-1-6-20-18(15)23-8-3-7-22(10-11-23)14-16-13-21-24-9-2-5-17(16)24/h1,4,6,13H,2-3,5,7-11,14H2. The Hall–Kier alpha value is -2.39. The number of aryl methyl sites for hydroxylation is 1. The summed E-state index contributed by atoms with van der Waals surface area (Å²) >= 11 is 0. The predicted octanol–water partition coefficient (Wildman–Crippen LogP) is 1.81. The highest BCUT2D eigenvalue weighted by molar-refractivity contribution is 5.53. The number of pyridine rings is 1. The number of hydrogen-bond donors (Lipinski definition) is 0. The quantitative estimate of drug-likeness (QED) is 0.862. The molecule has 0 amide bonds. The van der Waals surface area contributed by atoms with Crippen molar-refractivity contribution in [3.05, 3.63) is 41.3 Å². The van der Waals surface area contributed by atoms with Gasteiger partial charge >= 0.3 is 0 Å². The summed E-state index contributed by atoms with van der Waals surface area (Å²) in [7, 11) is 0. The van der Waals surface area contributed by atoms with Gasteiger partial charge in [0, 0.05) is 56.7 Å². The van der Waals surface area contributed by atoms with Gasteiger partial charge in [0.2, 0.25) is 0 Å². The molecule has 0 N–H and O–H groups in total. The topological polar surface area (TPSA) is 61.0 Å². The van der Waals surface area contributed by atoms with Crippen LogP contribution in [0.4, 0.5) is 5.82 Å². The van der Waals surface area contributed by atoms with Gasteiger partial charge in [-0.3, -0.25) is 9.58 Å². The zero-order chi connectivity index (χ0) is 16.4. The van der Waals surface area contributed by atoms with E-state index in [0.29, 0.717) is 5.56 Å². The van der Waals surface area contributed by atoms with Crippen molar-refractivity contribution in [1.29, 1.82) is 5.26 Å². The SMILES string of the molecule is N#Cc1cccnc1N1CCCN(Cc2cnn3c2CCC3)CC1. The Balaban J connectivity index is 1.44. The Morgan fingerprint density at radius 1 is 1.12 bits per heavy atom. The number of anilines is 1. The Morgan fingerprint density at radius 2 is 2.08 bits per heavy atom. The van der Waals surface area contributed by atoms with Gasteiger partial charge in [-0.15, -0.1) is 0 Å². The second-order valence-electron chi connectivity index (χ2n) is 6.55. The normalized spacial score (nSPS) is 18.2. The summed E-state index contributed by atoms with van der Waals surface area (Å²) in [6.07, 6.45) is 7.29. The van der Waals surface area contributed by atoms with Crippen LogP contribution in [-0.4, -0.2) is 45.8 Å². The summed E-state index contributed by atoms with van der Waals surface area (Å²) in [5, 5.41) is 13.8. The predicted molar refractivity (Wildman–Crippen MR) is 91.6 cm³/mol. The molecule has 0 aliphatic carbocycles. The highest BCUT2D eigenvalue weighted by Gasteiger charge is 2.21. The molecule has 1 fully saturated rings. The van der Waals surface area contributed by atoms with Crippen LogP contribution in [0.5, 0.6) is 0 Å². The number of nitriles is 1. The molecule has 124 valence electrons. The maximum Gasteiger partial charge on any atom is 0.146 e. The van der Waals surface area contributed by atoms with Gasteiger partial charge in [0.05, 0.1) is 11.8 Å². The largest absolute Gasteiger partial charge is 0.354 e. The third-order valence-electron chi connectivity index (χ3n) is 5.01. The molecule has 6 nitrogen and oxygen atoms in total. The van der Waals surface area contributed by atoms with Gasteiger partial charge < -0.3 is 4.90 Å².